The van der Waals surface area contributed by atoms with Crippen LogP contribution in [0.1, 0.15) is 32.3 Å². The van der Waals surface area contributed by atoms with Crippen molar-refractivity contribution in [3.05, 3.63) is 29.8 Å². The van der Waals surface area contributed by atoms with Gasteiger partial charge in [-0.05, 0) is 36.8 Å². The second kappa shape index (κ2) is 5.55. The zero-order valence-corrected chi connectivity index (χ0v) is 12.0. The Labute approximate surface area is 122 Å². The summed E-state index contributed by atoms with van der Waals surface area (Å²) in [4.78, 5) is 34.2. The highest BCUT2D eigenvalue weighted by Gasteiger charge is 2.40. The number of carbonyl (C=O) groups excluding carboxylic acids is 2. The lowest BCUT2D eigenvalue weighted by Crippen LogP contribution is -2.44. The molecule has 21 heavy (non-hydrogen) atoms. The normalized spacial score (nSPS) is 16.7. The number of carboxylic acid groups (broad SMARTS) is 1. The average Bonchev–Trinajstić information content (AvgIpc) is 3.18. The third-order valence-corrected chi connectivity index (χ3v) is 3.75. The Bertz CT molecular complexity index is 593. The number of carbonyl (C=O) groups is 3. The Morgan fingerprint density at radius 1 is 1.19 bits per heavy atom. The fourth-order valence-corrected chi connectivity index (χ4v) is 2.08. The van der Waals surface area contributed by atoms with E-state index in [2.05, 4.69) is 17.6 Å². The van der Waals surface area contributed by atoms with Gasteiger partial charge in [-0.1, -0.05) is 25.1 Å². The lowest BCUT2D eigenvalue weighted by Gasteiger charge is -2.16. The molecular weight excluding hydrogens is 272 g/mol. The minimum atomic E-state index is -1.19. The molecule has 6 nitrogen and oxygen atoms in total. The number of hydrogen-bond donors (Lipinski definition) is 3. The van der Waals surface area contributed by atoms with Crippen LogP contribution in [0.15, 0.2) is 24.3 Å². The number of anilines is 1. The fraction of sp³-hybridized carbons (Fsp3) is 0.400. The highest BCUT2D eigenvalue weighted by atomic mass is 16.4. The standard InChI is InChI=1S/C15H18N2O4/c1-9(14(20)21)16-12(18)13(19)17-11-6-4-3-5-10(11)15(2)7-8-15/h3-6,9H,7-8H2,1-2H3,(H,16,18)(H,17,19)(H,20,21)/t9-/m0/s1. The first-order valence-electron chi connectivity index (χ1n) is 6.78. The monoisotopic (exact) mass is 290 g/mol. The van der Waals surface area contributed by atoms with Crippen LogP contribution in [0.5, 0.6) is 0 Å². The average molecular weight is 290 g/mol. The van der Waals surface area contributed by atoms with E-state index >= 15 is 0 Å². The summed E-state index contributed by atoms with van der Waals surface area (Å²) in [5, 5.41) is 13.4. The molecule has 0 spiro atoms. The SMILES string of the molecule is C[C@H](NC(=O)C(=O)Nc1ccccc1C1(C)CC1)C(=O)O. The van der Waals surface area contributed by atoms with Crippen LogP contribution in [0.25, 0.3) is 0 Å². The quantitative estimate of drug-likeness (QED) is 0.728. The van der Waals surface area contributed by atoms with Crippen molar-refractivity contribution < 1.29 is 19.5 Å². The van der Waals surface area contributed by atoms with Crippen LogP contribution in [0, 0.1) is 0 Å². The number of amides is 2. The third-order valence-electron chi connectivity index (χ3n) is 3.75. The molecule has 0 saturated heterocycles. The topological polar surface area (TPSA) is 95.5 Å². The molecule has 0 aliphatic heterocycles. The van der Waals surface area contributed by atoms with Gasteiger partial charge in [0.05, 0.1) is 0 Å². The molecule has 1 fully saturated rings. The van der Waals surface area contributed by atoms with Gasteiger partial charge >= 0.3 is 17.8 Å². The van der Waals surface area contributed by atoms with Gasteiger partial charge in [-0.2, -0.15) is 0 Å². The van der Waals surface area contributed by atoms with E-state index in [9.17, 15) is 14.4 Å². The third kappa shape index (κ3) is 3.39. The Morgan fingerprint density at radius 3 is 2.38 bits per heavy atom. The largest absolute Gasteiger partial charge is 0.480 e. The Morgan fingerprint density at radius 2 is 1.81 bits per heavy atom. The number of rotatable bonds is 4. The van der Waals surface area contributed by atoms with E-state index in [1.165, 1.54) is 6.92 Å². The maximum atomic E-state index is 11.9. The highest BCUT2D eigenvalue weighted by Crippen LogP contribution is 2.49. The molecule has 3 N–H and O–H groups in total. The van der Waals surface area contributed by atoms with Gasteiger partial charge in [-0.15, -0.1) is 0 Å². The molecule has 0 unspecified atom stereocenters. The van der Waals surface area contributed by atoms with Gasteiger partial charge in [0.25, 0.3) is 0 Å². The van der Waals surface area contributed by atoms with E-state index in [-0.39, 0.29) is 5.41 Å². The van der Waals surface area contributed by atoms with Gasteiger partial charge in [0.2, 0.25) is 0 Å². The van der Waals surface area contributed by atoms with Crippen molar-refractivity contribution in [1.29, 1.82) is 0 Å². The van der Waals surface area contributed by atoms with Gasteiger partial charge in [0, 0.05) is 5.69 Å². The summed E-state index contributed by atoms with van der Waals surface area (Å²) in [6.07, 6.45) is 2.09. The first kappa shape index (κ1) is 15.0. The molecule has 1 saturated carbocycles. The fourth-order valence-electron chi connectivity index (χ4n) is 2.08. The number of carboxylic acids is 1. The number of aliphatic carboxylic acids is 1. The van der Waals surface area contributed by atoms with Gasteiger partial charge in [0.1, 0.15) is 6.04 Å². The van der Waals surface area contributed by atoms with Crippen LogP contribution in [0.4, 0.5) is 5.69 Å². The highest BCUT2D eigenvalue weighted by molar-refractivity contribution is 6.40. The molecular formula is C15H18N2O4. The van der Waals surface area contributed by atoms with E-state index < -0.39 is 23.8 Å². The van der Waals surface area contributed by atoms with E-state index in [1.807, 2.05) is 12.1 Å². The first-order valence-corrected chi connectivity index (χ1v) is 6.78. The zero-order chi connectivity index (χ0) is 15.6. The van der Waals surface area contributed by atoms with Gasteiger partial charge in [-0.25, -0.2) is 0 Å². The maximum absolute atomic E-state index is 11.9. The van der Waals surface area contributed by atoms with Gasteiger partial charge < -0.3 is 15.7 Å². The predicted molar refractivity (Wildman–Crippen MR) is 76.9 cm³/mol. The molecule has 2 rings (SSSR count). The van der Waals surface area contributed by atoms with Crippen LogP contribution < -0.4 is 10.6 Å². The summed E-state index contributed by atoms with van der Waals surface area (Å²) >= 11 is 0. The van der Waals surface area contributed by atoms with Crippen LogP contribution in [0.3, 0.4) is 0 Å². The minimum absolute atomic E-state index is 0.0503. The van der Waals surface area contributed by atoms with Crippen molar-refractivity contribution in [3.8, 4) is 0 Å². The molecule has 0 aromatic heterocycles. The summed E-state index contributed by atoms with van der Waals surface area (Å²) < 4.78 is 0. The number of nitrogens with one attached hydrogen (secondary N) is 2. The van der Waals surface area contributed by atoms with E-state index in [4.69, 9.17) is 5.11 Å². The molecule has 2 amide bonds. The Hall–Kier alpha value is -2.37. The smallest absolute Gasteiger partial charge is 0.325 e. The minimum Gasteiger partial charge on any atom is -0.480 e. The Balaban J connectivity index is 2.07. The number of hydrogen-bond acceptors (Lipinski definition) is 3. The summed E-state index contributed by atoms with van der Waals surface area (Å²) in [5.74, 6) is -3.01. The van der Waals surface area contributed by atoms with Crippen LogP contribution >= 0.6 is 0 Å². The van der Waals surface area contributed by atoms with E-state index in [0.717, 1.165) is 18.4 Å². The zero-order valence-electron chi connectivity index (χ0n) is 12.0. The van der Waals surface area contributed by atoms with Crippen molar-refractivity contribution in [2.75, 3.05) is 5.32 Å². The first-order chi connectivity index (χ1) is 9.83. The van der Waals surface area contributed by atoms with E-state index in [0.29, 0.717) is 5.69 Å². The molecule has 6 heteroatoms. The van der Waals surface area contributed by atoms with Crippen LogP contribution in [-0.2, 0) is 19.8 Å². The number of para-hydroxylation sites is 1. The van der Waals surface area contributed by atoms with Crippen molar-refractivity contribution >= 4 is 23.5 Å². The molecule has 0 bridgehead atoms. The predicted octanol–water partition coefficient (Wildman–Crippen LogP) is 1.27. The van der Waals surface area contributed by atoms with E-state index in [1.54, 1.807) is 12.1 Å². The lowest BCUT2D eigenvalue weighted by atomic mass is 9.96. The van der Waals surface area contributed by atoms with Crippen molar-refractivity contribution in [2.24, 2.45) is 0 Å². The van der Waals surface area contributed by atoms with Crippen molar-refractivity contribution in [3.63, 3.8) is 0 Å². The van der Waals surface area contributed by atoms with Gasteiger partial charge in [-0.3, -0.25) is 14.4 Å². The summed E-state index contributed by atoms with van der Waals surface area (Å²) in [5.41, 5.74) is 1.65. The summed E-state index contributed by atoms with van der Waals surface area (Å²) in [6, 6.07) is 6.23. The molecule has 1 aromatic rings. The molecule has 112 valence electrons. The number of benzene rings is 1. The molecule has 0 heterocycles. The second-order valence-corrected chi connectivity index (χ2v) is 5.59. The second-order valence-electron chi connectivity index (χ2n) is 5.59. The van der Waals surface area contributed by atoms with Crippen molar-refractivity contribution in [2.45, 2.75) is 38.1 Å². The molecule has 1 aromatic carbocycles. The Kier molecular flexibility index (Phi) is 3.97. The summed E-state index contributed by atoms with van der Waals surface area (Å²) in [6.45, 7) is 3.40. The lowest BCUT2D eigenvalue weighted by molar-refractivity contribution is -0.143. The van der Waals surface area contributed by atoms with Gasteiger partial charge in [0.15, 0.2) is 0 Å². The molecule has 0 radical (unpaired) electrons. The maximum Gasteiger partial charge on any atom is 0.325 e. The van der Waals surface area contributed by atoms with Crippen LogP contribution in [0.2, 0.25) is 0 Å². The van der Waals surface area contributed by atoms with Crippen LogP contribution in [-0.4, -0.2) is 28.9 Å². The molecule has 1 aliphatic rings. The van der Waals surface area contributed by atoms with Crippen molar-refractivity contribution in [1.82, 2.24) is 5.32 Å². The summed E-state index contributed by atoms with van der Waals surface area (Å²) in [7, 11) is 0. The molecule has 1 atom stereocenters. The molecule has 1 aliphatic carbocycles.